The molecular weight excluding hydrogens is 238 g/mol. The monoisotopic (exact) mass is 263 g/mol. The Balaban J connectivity index is 2.08. The molecule has 1 aromatic rings. The van der Waals surface area contributed by atoms with Crippen LogP contribution in [-0.2, 0) is 4.74 Å². The van der Waals surface area contributed by atoms with E-state index in [1.165, 1.54) is 11.1 Å². The van der Waals surface area contributed by atoms with E-state index in [1.54, 1.807) is 0 Å². The summed E-state index contributed by atoms with van der Waals surface area (Å²) < 4.78 is 11.7. The Morgan fingerprint density at radius 1 is 1.37 bits per heavy atom. The van der Waals surface area contributed by atoms with Gasteiger partial charge in [0.05, 0.1) is 18.8 Å². The first-order valence-electron chi connectivity index (χ1n) is 7.01. The molecule has 0 radical (unpaired) electrons. The Hall–Kier alpha value is -1.06. The predicted molar refractivity (Wildman–Crippen MR) is 77.7 cm³/mol. The first kappa shape index (κ1) is 14.4. The number of ether oxygens (including phenoxy) is 2. The second-order valence-corrected chi connectivity index (χ2v) is 6.26. The van der Waals surface area contributed by atoms with Crippen molar-refractivity contribution >= 4 is 0 Å². The number of morpholine rings is 1. The van der Waals surface area contributed by atoms with E-state index in [0.717, 1.165) is 18.9 Å². The molecule has 0 bridgehead atoms. The molecule has 0 aliphatic carbocycles. The number of hydrogen-bond acceptors (Lipinski definition) is 3. The third-order valence-electron chi connectivity index (χ3n) is 3.34. The van der Waals surface area contributed by atoms with E-state index in [2.05, 4.69) is 38.2 Å². The highest BCUT2D eigenvalue weighted by molar-refractivity contribution is 5.37. The lowest BCUT2D eigenvalue weighted by atomic mass is 10.00. The highest BCUT2D eigenvalue weighted by Gasteiger charge is 2.27. The van der Waals surface area contributed by atoms with Gasteiger partial charge in [-0.3, -0.25) is 0 Å². The van der Waals surface area contributed by atoms with Gasteiger partial charge in [0.1, 0.15) is 5.75 Å². The molecule has 0 saturated carbocycles. The minimum Gasteiger partial charge on any atom is -0.491 e. The largest absolute Gasteiger partial charge is 0.491 e. The zero-order valence-electron chi connectivity index (χ0n) is 12.6. The number of benzene rings is 1. The van der Waals surface area contributed by atoms with E-state index < -0.39 is 0 Å². The maximum Gasteiger partial charge on any atom is 0.122 e. The summed E-state index contributed by atoms with van der Waals surface area (Å²) in [7, 11) is 0. The second-order valence-electron chi connectivity index (χ2n) is 6.26. The molecule has 1 unspecified atom stereocenters. The minimum absolute atomic E-state index is 0.0756. The van der Waals surface area contributed by atoms with Gasteiger partial charge in [0.15, 0.2) is 0 Å². The van der Waals surface area contributed by atoms with E-state index in [1.807, 2.05) is 19.9 Å². The third-order valence-corrected chi connectivity index (χ3v) is 3.34. The fourth-order valence-corrected chi connectivity index (χ4v) is 2.26. The van der Waals surface area contributed by atoms with Crippen LogP contribution in [0.25, 0.3) is 0 Å². The maximum atomic E-state index is 5.95. The van der Waals surface area contributed by atoms with Gasteiger partial charge in [0.25, 0.3) is 0 Å². The van der Waals surface area contributed by atoms with Crippen LogP contribution in [0.2, 0.25) is 0 Å². The first-order valence-corrected chi connectivity index (χ1v) is 7.01. The Kier molecular flexibility index (Phi) is 4.16. The zero-order chi connectivity index (χ0) is 14.0. The summed E-state index contributed by atoms with van der Waals surface area (Å²) in [5.74, 6) is 0.961. The van der Waals surface area contributed by atoms with Crippen LogP contribution in [0.3, 0.4) is 0 Å². The number of nitrogens with one attached hydrogen (secondary N) is 1. The molecule has 106 valence electrons. The Morgan fingerprint density at radius 2 is 2.11 bits per heavy atom. The molecule has 19 heavy (non-hydrogen) atoms. The van der Waals surface area contributed by atoms with E-state index in [0.29, 0.717) is 0 Å². The molecule has 1 aliphatic heterocycles. The van der Waals surface area contributed by atoms with Gasteiger partial charge in [-0.25, -0.2) is 0 Å². The van der Waals surface area contributed by atoms with Crippen molar-refractivity contribution in [1.82, 2.24) is 5.32 Å². The Morgan fingerprint density at radius 3 is 2.63 bits per heavy atom. The van der Waals surface area contributed by atoms with Gasteiger partial charge in [0, 0.05) is 12.1 Å². The van der Waals surface area contributed by atoms with E-state index in [9.17, 15) is 0 Å². The maximum absolute atomic E-state index is 5.95. The van der Waals surface area contributed by atoms with Gasteiger partial charge in [-0.05, 0) is 57.9 Å². The molecule has 1 fully saturated rings. The number of rotatable bonds is 3. The molecule has 1 N–H and O–H groups in total. The van der Waals surface area contributed by atoms with Gasteiger partial charge in [-0.15, -0.1) is 0 Å². The summed E-state index contributed by atoms with van der Waals surface area (Å²) in [5.41, 5.74) is 2.46. The lowest BCUT2D eigenvalue weighted by Gasteiger charge is -2.36. The summed E-state index contributed by atoms with van der Waals surface area (Å²) >= 11 is 0. The van der Waals surface area contributed by atoms with Crippen molar-refractivity contribution in [2.24, 2.45) is 0 Å². The molecule has 0 spiro atoms. The van der Waals surface area contributed by atoms with Gasteiger partial charge in [-0.1, -0.05) is 6.07 Å². The second kappa shape index (κ2) is 5.51. The highest BCUT2D eigenvalue weighted by Crippen LogP contribution is 2.28. The van der Waals surface area contributed by atoms with Crippen LogP contribution < -0.4 is 10.1 Å². The molecule has 1 aliphatic rings. The van der Waals surface area contributed by atoms with Gasteiger partial charge >= 0.3 is 0 Å². The number of aryl methyl sites for hydroxylation is 1. The summed E-state index contributed by atoms with van der Waals surface area (Å²) in [4.78, 5) is 0. The lowest BCUT2D eigenvalue weighted by molar-refractivity contribution is -0.0229. The van der Waals surface area contributed by atoms with Crippen LogP contribution in [0.5, 0.6) is 5.75 Å². The summed E-state index contributed by atoms with van der Waals surface area (Å²) in [6, 6.07) is 6.32. The summed E-state index contributed by atoms with van der Waals surface area (Å²) in [5, 5.41) is 3.52. The van der Waals surface area contributed by atoms with E-state index >= 15 is 0 Å². The molecule has 1 saturated heterocycles. The Bertz CT molecular complexity index is 430. The average Bonchev–Trinajstić information content (AvgIpc) is 2.31. The van der Waals surface area contributed by atoms with Crippen molar-refractivity contribution in [3.05, 3.63) is 29.3 Å². The standard InChI is InChI=1S/C16H25NO2/c1-11(2)19-14-7-6-13(8-12(14)3)15-9-17-16(4,5)10-18-15/h6-8,11,15,17H,9-10H2,1-5H3. The molecule has 1 aromatic carbocycles. The molecule has 3 nitrogen and oxygen atoms in total. The van der Waals surface area contributed by atoms with Gasteiger partial charge in [0.2, 0.25) is 0 Å². The van der Waals surface area contributed by atoms with Gasteiger partial charge < -0.3 is 14.8 Å². The molecule has 2 rings (SSSR count). The van der Waals surface area contributed by atoms with Crippen LogP contribution in [0, 0.1) is 6.92 Å². The fraction of sp³-hybridized carbons (Fsp3) is 0.625. The zero-order valence-corrected chi connectivity index (χ0v) is 12.6. The molecular formula is C16H25NO2. The van der Waals surface area contributed by atoms with Crippen LogP contribution >= 0.6 is 0 Å². The topological polar surface area (TPSA) is 30.5 Å². The number of hydrogen-bond donors (Lipinski definition) is 1. The van der Waals surface area contributed by atoms with Crippen LogP contribution in [-0.4, -0.2) is 24.8 Å². The van der Waals surface area contributed by atoms with Crippen molar-refractivity contribution in [1.29, 1.82) is 0 Å². The van der Waals surface area contributed by atoms with Crippen molar-refractivity contribution in [3.63, 3.8) is 0 Å². The quantitative estimate of drug-likeness (QED) is 0.908. The van der Waals surface area contributed by atoms with Crippen LogP contribution in [0.1, 0.15) is 44.9 Å². The fourth-order valence-electron chi connectivity index (χ4n) is 2.26. The normalized spacial score (nSPS) is 22.5. The van der Waals surface area contributed by atoms with Crippen LogP contribution in [0.4, 0.5) is 0 Å². The molecule has 3 heteroatoms. The van der Waals surface area contributed by atoms with Crippen LogP contribution in [0.15, 0.2) is 18.2 Å². The first-order chi connectivity index (χ1) is 8.87. The summed E-state index contributed by atoms with van der Waals surface area (Å²) in [6.07, 6.45) is 0.345. The smallest absolute Gasteiger partial charge is 0.122 e. The Labute approximate surface area is 116 Å². The lowest BCUT2D eigenvalue weighted by Crippen LogP contribution is -2.50. The van der Waals surface area contributed by atoms with Crippen molar-refractivity contribution in [2.45, 2.75) is 52.4 Å². The molecule has 0 amide bonds. The molecule has 1 heterocycles. The van der Waals surface area contributed by atoms with Gasteiger partial charge in [-0.2, -0.15) is 0 Å². The minimum atomic E-state index is 0.0756. The van der Waals surface area contributed by atoms with Crippen molar-refractivity contribution < 1.29 is 9.47 Å². The average molecular weight is 263 g/mol. The highest BCUT2D eigenvalue weighted by atomic mass is 16.5. The van der Waals surface area contributed by atoms with Crippen molar-refractivity contribution in [2.75, 3.05) is 13.2 Å². The predicted octanol–water partition coefficient (Wildman–Crippen LogP) is 3.22. The molecule has 0 aromatic heterocycles. The SMILES string of the molecule is Cc1cc(C2CNC(C)(C)CO2)ccc1OC(C)C. The summed E-state index contributed by atoms with van der Waals surface area (Å²) in [6.45, 7) is 12.1. The van der Waals surface area contributed by atoms with Crippen molar-refractivity contribution in [3.8, 4) is 5.75 Å². The molecule has 1 atom stereocenters. The van der Waals surface area contributed by atoms with E-state index in [4.69, 9.17) is 9.47 Å². The third kappa shape index (κ3) is 3.71. The van der Waals surface area contributed by atoms with E-state index in [-0.39, 0.29) is 17.7 Å².